The van der Waals surface area contributed by atoms with Crippen molar-refractivity contribution < 1.29 is 14.2 Å². The molecule has 0 unspecified atom stereocenters. The van der Waals surface area contributed by atoms with Gasteiger partial charge in [-0.1, -0.05) is 15.9 Å². The lowest BCUT2D eigenvalue weighted by atomic mass is 10.4. The fourth-order valence-corrected chi connectivity index (χ4v) is 1.32. The van der Waals surface area contributed by atoms with Crippen molar-refractivity contribution in [2.75, 3.05) is 45.5 Å². The topological polar surface area (TPSA) is 27.7 Å². The number of hydrogen-bond acceptors (Lipinski definition) is 3. The smallest absolute Gasteiger partial charge is 0.0700 e. The van der Waals surface area contributed by atoms with Crippen molar-refractivity contribution in [3.8, 4) is 0 Å². The predicted octanol–water partition coefficient (Wildman–Crippen LogP) is 2.23. The first-order valence-corrected chi connectivity index (χ1v) is 6.24. The number of halogens is 1. The lowest BCUT2D eigenvalue weighted by Gasteiger charge is -2.04. The predicted molar refractivity (Wildman–Crippen MR) is 61.2 cm³/mol. The van der Waals surface area contributed by atoms with Crippen LogP contribution in [-0.4, -0.2) is 45.5 Å². The molecule has 0 amide bonds. The number of alkyl halides is 1. The van der Waals surface area contributed by atoms with Crippen molar-refractivity contribution in [2.24, 2.45) is 0 Å². The van der Waals surface area contributed by atoms with Crippen LogP contribution in [0.2, 0.25) is 0 Å². The molecule has 0 spiro atoms. The third kappa shape index (κ3) is 12.4. The zero-order valence-corrected chi connectivity index (χ0v) is 10.6. The molecule has 0 bridgehead atoms. The largest absolute Gasteiger partial charge is 0.385 e. The molecule has 3 nitrogen and oxygen atoms in total. The third-order valence-corrected chi connectivity index (χ3v) is 2.24. The highest BCUT2D eigenvalue weighted by Gasteiger charge is 1.90. The van der Waals surface area contributed by atoms with Crippen LogP contribution in [0.4, 0.5) is 0 Å². The highest BCUT2D eigenvalue weighted by atomic mass is 79.9. The van der Waals surface area contributed by atoms with E-state index in [2.05, 4.69) is 15.9 Å². The summed E-state index contributed by atoms with van der Waals surface area (Å²) in [5.41, 5.74) is 0. The molecule has 0 N–H and O–H groups in total. The zero-order valence-electron chi connectivity index (χ0n) is 8.97. The molecule has 14 heavy (non-hydrogen) atoms. The standard InChI is InChI=1S/C10H21BrO3/c1-12-6-4-8-14-10-9-13-7-3-2-5-11/h2-10H2,1H3. The summed E-state index contributed by atoms with van der Waals surface area (Å²) in [7, 11) is 1.70. The summed E-state index contributed by atoms with van der Waals surface area (Å²) in [5.74, 6) is 0. The highest BCUT2D eigenvalue weighted by Crippen LogP contribution is 1.94. The molecule has 0 saturated carbocycles. The lowest BCUT2D eigenvalue weighted by molar-refractivity contribution is 0.0391. The van der Waals surface area contributed by atoms with Crippen molar-refractivity contribution in [3.05, 3.63) is 0 Å². The van der Waals surface area contributed by atoms with Crippen LogP contribution in [0.15, 0.2) is 0 Å². The molecule has 0 radical (unpaired) electrons. The fraction of sp³-hybridized carbons (Fsp3) is 1.00. The Bertz CT molecular complexity index is 89.4. The molecule has 86 valence electrons. The minimum Gasteiger partial charge on any atom is -0.385 e. The van der Waals surface area contributed by atoms with Crippen molar-refractivity contribution in [2.45, 2.75) is 19.3 Å². The third-order valence-electron chi connectivity index (χ3n) is 1.68. The van der Waals surface area contributed by atoms with Gasteiger partial charge in [0.25, 0.3) is 0 Å². The van der Waals surface area contributed by atoms with Crippen LogP contribution in [0, 0.1) is 0 Å². The number of ether oxygens (including phenoxy) is 3. The van der Waals surface area contributed by atoms with Gasteiger partial charge in [0.15, 0.2) is 0 Å². The molecule has 0 aromatic carbocycles. The average Bonchev–Trinajstić information content (AvgIpc) is 2.21. The summed E-state index contributed by atoms with van der Waals surface area (Å²) in [5, 5.41) is 1.06. The van der Waals surface area contributed by atoms with E-state index in [0.717, 1.165) is 38.0 Å². The van der Waals surface area contributed by atoms with E-state index < -0.39 is 0 Å². The molecule has 0 aliphatic rings. The molecular weight excluding hydrogens is 248 g/mol. The molecule has 0 aliphatic carbocycles. The number of methoxy groups -OCH3 is 1. The Morgan fingerprint density at radius 2 is 1.43 bits per heavy atom. The van der Waals surface area contributed by atoms with E-state index in [1.807, 2.05) is 0 Å². The highest BCUT2D eigenvalue weighted by molar-refractivity contribution is 9.09. The van der Waals surface area contributed by atoms with Gasteiger partial charge in [-0.3, -0.25) is 0 Å². The number of unbranched alkanes of at least 4 members (excludes halogenated alkanes) is 1. The van der Waals surface area contributed by atoms with Gasteiger partial charge in [0.1, 0.15) is 0 Å². The number of rotatable bonds is 11. The second-order valence-electron chi connectivity index (χ2n) is 2.97. The first kappa shape index (κ1) is 14.4. The maximum Gasteiger partial charge on any atom is 0.0700 e. The molecule has 4 heteroatoms. The van der Waals surface area contributed by atoms with Crippen LogP contribution in [0.1, 0.15) is 19.3 Å². The summed E-state index contributed by atoms with van der Waals surface area (Å²) < 4.78 is 15.6. The fourth-order valence-electron chi connectivity index (χ4n) is 0.926. The van der Waals surface area contributed by atoms with Gasteiger partial charge in [-0.25, -0.2) is 0 Å². The van der Waals surface area contributed by atoms with Gasteiger partial charge >= 0.3 is 0 Å². The normalized spacial score (nSPS) is 10.7. The monoisotopic (exact) mass is 268 g/mol. The van der Waals surface area contributed by atoms with Crippen LogP contribution in [-0.2, 0) is 14.2 Å². The lowest BCUT2D eigenvalue weighted by Crippen LogP contribution is -2.07. The maximum atomic E-state index is 5.37. The molecule has 0 aromatic heterocycles. The van der Waals surface area contributed by atoms with Crippen molar-refractivity contribution >= 4 is 15.9 Å². The van der Waals surface area contributed by atoms with Gasteiger partial charge in [0, 0.05) is 32.3 Å². The molecule has 0 aromatic rings. The molecule has 0 atom stereocenters. The summed E-state index contributed by atoms with van der Waals surface area (Å²) in [4.78, 5) is 0. The maximum absolute atomic E-state index is 5.37. The van der Waals surface area contributed by atoms with Gasteiger partial charge in [-0.05, 0) is 19.3 Å². The van der Waals surface area contributed by atoms with E-state index in [4.69, 9.17) is 14.2 Å². The van der Waals surface area contributed by atoms with Gasteiger partial charge in [0.2, 0.25) is 0 Å². The van der Waals surface area contributed by atoms with Gasteiger partial charge in [0.05, 0.1) is 13.2 Å². The summed E-state index contributed by atoms with van der Waals surface area (Å²) in [6.45, 7) is 3.77. The Morgan fingerprint density at radius 3 is 2.00 bits per heavy atom. The molecule has 0 aliphatic heterocycles. The molecular formula is C10H21BrO3. The average molecular weight is 269 g/mol. The quantitative estimate of drug-likeness (QED) is 0.425. The van der Waals surface area contributed by atoms with Gasteiger partial charge in [-0.15, -0.1) is 0 Å². The van der Waals surface area contributed by atoms with Crippen LogP contribution in [0.5, 0.6) is 0 Å². The van der Waals surface area contributed by atoms with Crippen molar-refractivity contribution in [3.63, 3.8) is 0 Å². The van der Waals surface area contributed by atoms with Gasteiger partial charge < -0.3 is 14.2 Å². The van der Waals surface area contributed by atoms with Crippen LogP contribution >= 0.6 is 15.9 Å². The Morgan fingerprint density at radius 1 is 0.786 bits per heavy atom. The second-order valence-corrected chi connectivity index (χ2v) is 3.76. The summed E-state index contributed by atoms with van der Waals surface area (Å²) in [6.07, 6.45) is 3.25. The van der Waals surface area contributed by atoms with Crippen LogP contribution < -0.4 is 0 Å². The van der Waals surface area contributed by atoms with E-state index >= 15 is 0 Å². The Labute approximate surface area is 95.2 Å². The first-order chi connectivity index (χ1) is 6.91. The molecule has 0 saturated heterocycles. The Balaban J connectivity index is 2.78. The second kappa shape index (κ2) is 13.4. The summed E-state index contributed by atoms with van der Waals surface area (Å²) >= 11 is 3.38. The van der Waals surface area contributed by atoms with E-state index in [1.54, 1.807) is 7.11 Å². The number of hydrogen-bond donors (Lipinski definition) is 0. The van der Waals surface area contributed by atoms with E-state index in [9.17, 15) is 0 Å². The van der Waals surface area contributed by atoms with E-state index in [-0.39, 0.29) is 0 Å². The van der Waals surface area contributed by atoms with Crippen molar-refractivity contribution in [1.82, 2.24) is 0 Å². The van der Waals surface area contributed by atoms with E-state index in [0.29, 0.717) is 13.2 Å². The molecule has 0 rings (SSSR count). The van der Waals surface area contributed by atoms with Gasteiger partial charge in [-0.2, -0.15) is 0 Å². The van der Waals surface area contributed by atoms with Crippen molar-refractivity contribution in [1.29, 1.82) is 0 Å². The minimum absolute atomic E-state index is 0.692. The molecule has 0 fully saturated rings. The summed E-state index contributed by atoms with van der Waals surface area (Å²) in [6, 6.07) is 0. The zero-order chi connectivity index (χ0) is 10.5. The SMILES string of the molecule is COCCCOCCOCCCCBr. The minimum atomic E-state index is 0.692. The van der Waals surface area contributed by atoms with Crippen LogP contribution in [0.3, 0.4) is 0 Å². The molecule has 0 heterocycles. The van der Waals surface area contributed by atoms with E-state index in [1.165, 1.54) is 6.42 Å². The van der Waals surface area contributed by atoms with Crippen LogP contribution in [0.25, 0.3) is 0 Å². The Kier molecular flexibility index (Phi) is 13.7. The first-order valence-electron chi connectivity index (χ1n) is 5.12. The Hall–Kier alpha value is 0.360.